The van der Waals surface area contributed by atoms with Crippen molar-refractivity contribution in [3.63, 3.8) is 0 Å². The average molecular weight is 259 g/mol. The summed E-state index contributed by atoms with van der Waals surface area (Å²) in [5.74, 6) is -0.0305. The minimum Gasteiger partial charge on any atom is -0.308 e. The van der Waals surface area contributed by atoms with Crippen molar-refractivity contribution in [1.82, 2.24) is 19.7 Å². The molecule has 19 heavy (non-hydrogen) atoms. The van der Waals surface area contributed by atoms with Gasteiger partial charge >= 0.3 is 5.69 Å². The summed E-state index contributed by atoms with van der Waals surface area (Å²) in [4.78, 5) is 12.1. The molecule has 1 aromatic carbocycles. The maximum Gasteiger partial charge on any atom is 0.350 e. The molecule has 0 fully saturated rings. The van der Waals surface area contributed by atoms with E-state index in [0.29, 0.717) is 31.1 Å². The standard InChI is InChI=1S/C12H10FN5O/c13-10-5-9(2-1-8(10)6-14)18-12(19)17-4-3-15-7-11(17)16-18/h1-2,5,15H,3-4,7H2. The van der Waals surface area contributed by atoms with Crippen molar-refractivity contribution >= 4 is 0 Å². The van der Waals surface area contributed by atoms with Gasteiger partial charge in [-0.1, -0.05) is 0 Å². The molecule has 0 bridgehead atoms. The first kappa shape index (κ1) is 11.6. The Labute approximate surface area is 107 Å². The first-order valence-electron chi connectivity index (χ1n) is 5.80. The lowest BCUT2D eigenvalue weighted by molar-refractivity contribution is 0.497. The van der Waals surface area contributed by atoms with Crippen molar-refractivity contribution in [3.8, 4) is 11.8 Å². The highest BCUT2D eigenvalue weighted by atomic mass is 19.1. The number of nitrogens with zero attached hydrogens (tertiary/aromatic N) is 4. The second-order valence-corrected chi connectivity index (χ2v) is 4.21. The van der Waals surface area contributed by atoms with E-state index in [1.807, 2.05) is 0 Å². The SMILES string of the molecule is N#Cc1ccc(-n2nc3n(c2=O)CCNC3)cc1F. The fourth-order valence-corrected chi connectivity index (χ4v) is 2.08. The van der Waals surface area contributed by atoms with Crippen LogP contribution in [-0.2, 0) is 13.1 Å². The molecule has 7 heteroatoms. The highest BCUT2D eigenvalue weighted by molar-refractivity contribution is 5.40. The number of nitrogens with one attached hydrogen (secondary N) is 1. The fraction of sp³-hybridized carbons (Fsp3) is 0.250. The predicted octanol–water partition coefficient (Wildman–Crippen LogP) is 0.148. The highest BCUT2D eigenvalue weighted by Crippen LogP contribution is 2.12. The van der Waals surface area contributed by atoms with Gasteiger partial charge in [0.1, 0.15) is 17.7 Å². The van der Waals surface area contributed by atoms with Crippen molar-refractivity contribution in [3.05, 3.63) is 45.9 Å². The molecule has 3 rings (SSSR count). The normalized spacial score (nSPS) is 13.9. The van der Waals surface area contributed by atoms with Crippen LogP contribution in [0.5, 0.6) is 0 Å². The molecular formula is C12H10FN5O. The van der Waals surface area contributed by atoms with E-state index in [4.69, 9.17) is 5.26 Å². The number of benzene rings is 1. The van der Waals surface area contributed by atoms with Crippen LogP contribution < -0.4 is 11.0 Å². The van der Waals surface area contributed by atoms with Crippen LogP contribution in [0.15, 0.2) is 23.0 Å². The molecule has 1 aromatic heterocycles. The van der Waals surface area contributed by atoms with Gasteiger partial charge < -0.3 is 5.32 Å². The Hall–Kier alpha value is -2.46. The molecule has 0 saturated carbocycles. The Morgan fingerprint density at radius 2 is 2.32 bits per heavy atom. The number of nitriles is 1. The van der Waals surface area contributed by atoms with Crippen LogP contribution in [0.4, 0.5) is 4.39 Å². The minimum atomic E-state index is -0.656. The third-order valence-corrected chi connectivity index (χ3v) is 3.05. The molecular weight excluding hydrogens is 249 g/mol. The largest absolute Gasteiger partial charge is 0.350 e. The number of aromatic nitrogens is 3. The molecule has 0 atom stereocenters. The topological polar surface area (TPSA) is 75.6 Å². The van der Waals surface area contributed by atoms with E-state index in [1.54, 1.807) is 10.6 Å². The molecule has 1 aliphatic heterocycles. The van der Waals surface area contributed by atoms with E-state index >= 15 is 0 Å². The van der Waals surface area contributed by atoms with Crippen LogP contribution in [0.25, 0.3) is 5.69 Å². The molecule has 0 unspecified atom stereocenters. The number of halogens is 1. The Kier molecular flexibility index (Phi) is 2.65. The first-order valence-corrected chi connectivity index (χ1v) is 5.80. The van der Waals surface area contributed by atoms with E-state index < -0.39 is 5.82 Å². The molecule has 0 amide bonds. The van der Waals surface area contributed by atoms with Crippen LogP contribution in [0.2, 0.25) is 0 Å². The van der Waals surface area contributed by atoms with Crippen molar-refractivity contribution in [2.45, 2.75) is 13.1 Å². The number of rotatable bonds is 1. The van der Waals surface area contributed by atoms with Crippen LogP contribution in [0, 0.1) is 17.1 Å². The van der Waals surface area contributed by atoms with E-state index in [2.05, 4.69) is 10.4 Å². The van der Waals surface area contributed by atoms with Gasteiger partial charge in [-0.05, 0) is 12.1 Å². The van der Waals surface area contributed by atoms with Crippen LogP contribution >= 0.6 is 0 Å². The van der Waals surface area contributed by atoms with Gasteiger partial charge in [-0.15, -0.1) is 5.10 Å². The second kappa shape index (κ2) is 4.33. The van der Waals surface area contributed by atoms with Gasteiger partial charge in [-0.3, -0.25) is 4.57 Å². The minimum absolute atomic E-state index is 0.0533. The maximum absolute atomic E-state index is 13.6. The zero-order valence-electron chi connectivity index (χ0n) is 9.93. The van der Waals surface area contributed by atoms with Gasteiger partial charge in [-0.25, -0.2) is 9.18 Å². The zero-order valence-corrected chi connectivity index (χ0v) is 9.93. The van der Waals surface area contributed by atoms with Crippen LogP contribution in [0.3, 0.4) is 0 Å². The summed E-state index contributed by atoms with van der Waals surface area (Å²) in [5.41, 5.74) is -0.0218. The van der Waals surface area contributed by atoms with Crippen LogP contribution in [0.1, 0.15) is 11.4 Å². The molecule has 96 valence electrons. The summed E-state index contributed by atoms with van der Waals surface area (Å²) in [6.45, 7) is 1.77. The van der Waals surface area contributed by atoms with Crippen molar-refractivity contribution in [1.29, 1.82) is 5.26 Å². The summed E-state index contributed by atoms with van der Waals surface area (Å²) in [7, 11) is 0. The molecule has 0 spiro atoms. The summed E-state index contributed by atoms with van der Waals surface area (Å²) < 4.78 is 16.3. The van der Waals surface area contributed by atoms with E-state index in [1.165, 1.54) is 12.1 Å². The average Bonchev–Trinajstić information content (AvgIpc) is 2.77. The number of hydrogen-bond donors (Lipinski definition) is 1. The van der Waals surface area contributed by atoms with Crippen LogP contribution in [-0.4, -0.2) is 20.9 Å². The lowest BCUT2D eigenvalue weighted by atomic mass is 10.2. The van der Waals surface area contributed by atoms with Gasteiger partial charge in [0.15, 0.2) is 0 Å². The quantitative estimate of drug-likeness (QED) is 0.791. The molecule has 0 radical (unpaired) electrons. The molecule has 2 heterocycles. The number of hydrogen-bond acceptors (Lipinski definition) is 4. The van der Waals surface area contributed by atoms with Crippen molar-refractivity contribution in [2.75, 3.05) is 6.54 Å². The van der Waals surface area contributed by atoms with Gasteiger partial charge in [-0.2, -0.15) is 9.94 Å². The first-order chi connectivity index (χ1) is 9.20. The summed E-state index contributed by atoms with van der Waals surface area (Å²) in [5, 5.41) is 16.0. The lowest BCUT2D eigenvalue weighted by Crippen LogP contribution is -2.34. The van der Waals surface area contributed by atoms with Gasteiger partial charge in [0.2, 0.25) is 0 Å². The maximum atomic E-state index is 13.6. The Balaban J connectivity index is 2.13. The van der Waals surface area contributed by atoms with E-state index in [0.717, 1.165) is 10.7 Å². The Bertz CT molecular complexity index is 740. The molecule has 1 aliphatic rings. The lowest BCUT2D eigenvalue weighted by Gasteiger charge is -2.11. The summed E-state index contributed by atoms with van der Waals surface area (Å²) in [6.07, 6.45) is 0. The van der Waals surface area contributed by atoms with Gasteiger partial charge in [0.05, 0.1) is 17.8 Å². The molecule has 6 nitrogen and oxygen atoms in total. The van der Waals surface area contributed by atoms with E-state index in [-0.39, 0.29) is 11.3 Å². The third kappa shape index (κ3) is 1.82. The Morgan fingerprint density at radius 3 is 3.00 bits per heavy atom. The van der Waals surface area contributed by atoms with Crippen molar-refractivity contribution in [2.24, 2.45) is 0 Å². The van der Waals surface area contributed by atoms with Crippen molar-refractivity contribution < 1.29 is 4.39 Å². The highest BCUT2D eigenvalue weighted by Gasteiger charge is 2.17. The second-order valence-electron chi connectivity index (χ2n) is 4.21. The zero-order chi connectivity index (χ0) is 13.4. The predicted molar refractivity (Wildman–Crippen MR) is 64.2 cm³/mol. The summed E-state index contributed by atoms with van der Waals surface area (Å²) >= 11 is 0. The Morgan fingerprint density at radius 1 is 1.47 bits per heavy atom. The number of fused-ring (bicyclic) bond motifs is 1. The molecule has 0 aliphatic carbocycles. The van der Waals surface area contributed by atoms with E-state index in [9.17, 15) is 9.18 Å². The smallest absolute Gasteiger partial charge is 0.308 e. The van der Waals surface area contributed by atoms with Gasteiger partial charge in [0, 0.05) is 19.2 Å². The molecule has 1 N–H and O–H groups in total. The molecule has 0 saturated heterocycles. The monoisotopic (exact) mass is 259 g/mol. The summed E-state index contributed by atoms with van der Waals surface area (Å²) in [6, 6.07) is 5.74. The third-order valence-electron chi connectivity index (χ3n) is 3.05. The van der Waals surface area contributed by atoms with Gasteiger partial charge in [0.25, 0.3) is 0 Å². The molecule has 2 aromatic rings. The fourth-order valence-electron chi connectivity index (χ4n) is 2.08.